The normalized spacial score (nSPS) is 10.6. The van der Waals surface area contributed by atoms with Gasteiger partial charge >= 0.3 is 0 Å². The Morgan fingerprint density at radius 1 is 1.40 bits per heavy atom. The van der Waals surface area contributed by atoms with Gasteiger partial charge in [0.1, 0.15) is 16.4 Å². The third-order valence-electron chi connectivity index (χ3n) is 2.77. The smallest absolute Gasteiger partial charge is 0.228 e. The molecule has 0 atom stereocenters. The van der Waals surface area contributed by atoms with Gasteiger partial charge < -0.3 is 15.8 Å². The number of amides is 1. The summed E-state index contributed by atoms with van der Waals surface area (Å²) in [6, 6.07) is 7.51. The van der Waals surface area contributed by atoms with E-state index in [9.17, 15) is 4.79 Å². The first kappa shape index (κ1) is 14.3. The average molecular weight is 291 g/mol. The van der Waals surface area contributed by atoms with Crippen LogP contribution in [0.1, 0.15) is 13.8 Å². The van der Waals surface area contributed by atoms with Crippen LogP contribution in [0.15, 0.2) is 24.3 Å². The Labute approximate surface area is 121 Å². The number of thiazole rings is 1. The van der Waals surface area contributed by atoms with Crippen LogP contribution in [0.3, 0.4) is 0 Å². The molecular formula is C14H17N3O2S. The zero-order valence-corrected chi connectivity index (χ0v) is 12.5. The van der Waals surface area contributed by atoms with Crippen LogP contribution >= 0.6 is 11.3 Å². The van der Waals surface area contributed by atoms with Gasteiger partial charge in [0.25, 0.3) is 0 Å². The number of para-hydroxylation sites is 1. The van der Waals surface area contributed by atoms with Crippen LogP contribution in [0, 0.1) is 5.92 Å². The Bertz CT molecular complexity index is 623. The zero-order valence-electron chi connectivity index (χ0n) is 11.6. The van der Waals surface area contributed by atoms with Crippen molar-refractivity contribution in [2.45, 2.75) is 13.8 Å². The summed E-state index contributed by atoms with van der Waals surface area (Å²) in [5.74, 6) is 0.520. The van der Waals surface area contributed by atoms with E-state index in [1.54, 1.807) is 7.11 Å². The van der Waals surface area contributed by atoms with Gasteiger partial charge in [-0.25, -0.2) is 4.98 Å². The molecule has 0 saturated heterocycles. The highest BCUT2D eigenvalue weighted by Crippen LogP contribution is 2.37. The number of methoxy groups -OCH3 is 1. The number of benzene rings is 1. The molecule has 0 spiro atoms. The number of anilines is 2. The minimum Gasteiger partial charge on any atom is -0.496 e. The van der Waals surface area contributed by atoms with Gasteiger partial charge in [0, 0.05) is 11.5 Å². The summed E-state index contributed by atoms with van der Waals surface area (Å²) in [6.07, 6.45) is 0. The van der Waals surface area contributed by atoms with Crippen LogP contribution in [0.5, 0.6) is 5.75 Å². The van der Waals surface area contributed by atoms with Crippen molar-refractivity contribution >= 4 is 27.4 Å². The Morgan fingerprint density at radius 2 is 2.10 bits per heavy atom. The van der Waals surface area contributed by atoms with E-state index in [4.69, 9.17) is 10.5 Å². The molecule has 5 nitrogen and oxygen atoms in total. The molecule has 6 heteroatoms. The second-order valence-electron chi connectivity index (χ2n) is 4.58. The van der Waals surface area contributed by atoms with Gasteiger partial charge in [0.2, 0.25) is 5.91 Å². The minimum absolute atomic E-state index is 0.0784. The van der Waals surface area contributed by atoms with Crippen LogP contribution in [0.25, 0.3) is 11.3 Å². The molecule has 1 aromatic heterocycles. The first-order valence-corrected chi connectivity index (χ1v) is 7.05. The monoisotopic (exact) mass is 291 g/mol. The van der Waals surface area contributed by atoms with Crippen LogP contribution < -0.4 is 15.8 Å². The fourth-order valence-electron chi connectivity index (χ4n) is 1.67. The largest absolute Gasteiger partial charge is 0.496 e. The number of nitrogens with one attached hydrogen (secondary N) is 1. The first-order chi connectivity index (χ1) is 9.52. The Kier molecular flexibility index (Phi) is 4.24. The number of carbonyl (C=O) groups excluding carboxylic acids is 1. The van der Waals surface area contributed by atoms with Gasteiger partial charge in [-0.2, -0.15) is 0 Å². The Hall–Kier alpha value is -2.08. The number of rotatable bonds is 4. The molecule has 0 unspecified atom stereocenters. The van der Waals surface area contributed by atoms with Crippen LogP contribution in [0.4, 0.5) is 10.1 Å². The lowest BCUT2D eigenvalue weighted by atomic mass is 10.1. The summed E-state index contributed by atoms with van der Waals surface area (Å²) >= 11 is 1.25. The molecule has 0 saturated carbocycles. The Morgan fingerprint density at radius 3 is 2.75 bits per heavy atom. The van der Waals surface area contributed by atoms with E-state index < -0.39 is 0 Å². The molecule has 0 radical (unpaired) electrons. The van der Waals surface area contributed by atoms with Gasteiger partial charge in [-0.3, -0.25) is 4.79 Å². The van der Waals surface area contributed by atoms with Crippen molar-refractivity contribution < 1.29 is 9.53 Å². The van der Waals surface area contributed by atoms with Gasteiger partial charge in [0.15, 0.2) is 5.13 Å². The SMILES string of the molecule is COc1ccccc1-c1nc(NC(=O)C(C)C)sc1N. The molecular weight excluding hydrogens is 274 g/mol. The number of hydrogen-bond acceptors (Lipinski definition) is 5. The molecule has 1 heterocycles. The standard InChI is InChI=1S/C14H17N3O2S/c1-8(2)13(18)17-14-16-11(12(15)20-14)9-6-4-5-7-10(9)19-3/h4-8H,15H2,1-3H3,(H,16,17,18). The summed E-state index contributed by atoms with van der Waals surface area (Å²) in [5, 5.41) is 3.81. The van der Waals surface area contributed by atoms with Crippen LogP contribution in [-0.2, 0) is 4.79 Å². The summed E-state index contributed by atoms with van der Waals surface area (Å²) in [7, 11) is 1.60. The molecule has 20 heavy (non-hydrogen) atoms. The minimum atomic E-state index is -0.102. The molecule has 2 rings (SSSR count). The molecule has 2 aromatic rings. The number of nitrogen functional groups attached to an aromatic ring is 1. The molecule has 0 fully saturated rings. The maximum absolute atomic E-state index is 11.7. The highest BCUT2D eigenvalue weighted by molar-refractivity contribution is 7.20. The molecule has 0 aliphatic rings. The van der Waals surface area contributed by atoms with E-state index in [-0.39, 0.29) is 11.8 Å². The summed E-state index contributed by atoms with van der Waals surface area (Å²) in [6.45, 7) is 3.65. The number of nitrogens with zero attached hydrogens (tertiary/aromatic N) is 1. The van der Waals surface area contributed by atoms with E-state index in [1.807, 2.05) is 38.1 Å². The van der Waals surface area contributed by atoms with Crippen LogP contribution in [-0.4, -0.2) is 18.0 Å². The van der Waals surface area contributed by atoms with E-state index >= 15 is 0 Å². The van der Waals surface area contributed by atoms with E-state index in [1.165, 1.54) is 11.3 Å². The van der Waals surface area contributed by atoms with Crippen LogP contribution in [0.2, 0.25) is 0 Å². The second-order valence-corrected chi connectivity index (χ2v) is 5.61. The van der Waals surface area contributed by atoms with E-state index in [0.717, 1.165) is 5.56 Å². The second kappa shape index (κ2) is 5.92. The first-order valence-electron chi connectivity index (χ1n) is 6.23. The third-order valence-corrected chi connectivity index (χ3v) is 3.57. The fourth-order valence-corrected chi connectivity index (χ4v) is 2.42. The highest BCUT2D eigenvalue weighted by Gasteiger charge is 2.16. The van der Waals surface area contributed by atoms with E-state index in [2.05, 4.69) is 10.3 Å². The lowest BCUT2D eigenvalue weighted by Crippen LogP contribution is -2.17. The van der Waals surface area contributed by atoms with Gasteiger partial charge in [0.05, 0.1) is 7.11 Å². The van der Waals surface area contributed by atoms with Gasteiger partial charge in [-0.05, 0) is 12.1 Å². The lowest BCUT2D eigenvalue weighted by molar-refractivity contribution is -0.118. The summed E-state index contributed by atoms with van der Waals surface area (Å²) in [5.41, 5.74) is 7.44. The molecule has 1 amide bonds. The molecule has 0 aliphatic carbocycles. The number of hydrogen-bond donors (Lipinski definition) is 2. The zero-order chi connectivity index (χ0) is 14.7. The van der Waals surface area contributed by atoms with Crippen molar-refractivity contribution in [3.63, 3.8) is 0 Å². The van der Waals surface area contributed by atoms with Crippen molar-refractivity contribution in [2.75, 3.05) is 18.2 Å². The fraction of sp³-hybridized carbons (Fsp3) is 0.286. The molecule has 3 N–H and O–H groups in total. The maximum atomic E-state index is 11.7. The predicted molar refractivity (Wildman–Crippen MR) is 82.0 cm³/mol. The number of carbonyl (C=O) groups is 1. The molecule has 106 valence electrons. The topological polar surface area (TPSA) is 77.2 Å². The summed E-state index contributed by atoms with van der Waals surface area (Å²) in [4.78, 5) is 16.1. The number of ether oxygens (including phenoxy) is 1. The number of nitrogens with two attached hydrogens (primary N) is 1. The quantitative estimate of drug-likeness (QED) is 0.907. The Balaban J connectivity index is 2.34. The van der Waals surface area contributed by atoms with Crippen molar-refractivity contribution in [1.82, 2.24) is 4.98 Å². The van der Waals surface area contributed by atoms with Gasteiger partial charge in [-0.1, -0.05) is 37.3 Å². The molecule has 1 aromatic carbocycles. The number of aromatic nitrogens is 1. The van der Waals surface area contributed by atoms with Crippen molar-refractivity contribution in [1.29, 1.82) is 0 Å². The molecule has 0 bridgehead atoms. The van der Waals surface area contributed by atoms with Crippen molar-refractivity contribution in [3.05, 3.63) is 24.3 Å². The lowest BCUT2D eigenvalue weighted by Gasteiger charge is -2.06. The maximum Gasteiger partial charge on any atom is 0.228 e. The highest BCUT2D eigenvalue weighted by atomic mass is 32.1. The third kappa shape index (κ3) is 2.91. The average Bonchev–Trinajstić information content (AvgIpc) is 2.79. The summed E-state index contributed by atoms with van der Waals surface area (Å²) < 4.78 is 5.31. The predicted octanol–water partition coefficient (Wildman–Crippen LogP) is 3.00. The van der Waals surface area contributed by atoms with E-state index in [0.29, 0.717) is 21.6 Å². The van der Waals surface area contributed by atoms with Gasteiger partial charge in [-0.15, -0.1) is 0 Å². The van der Waals surface area contributed by atoms with Crippen molar-refractivity contribution in [3.8, 4) is 17.0 Å². The van der Waals surface area contributed by atoms with Crippen molar-refractivity contribution in [2.24, 2.45) is 5.92 Å². The molecule has 0 aliphatic heterocycles.